The molecule has 1 atom stereocenters. The van der Waals surface area contributed by atoms with Gasteiger partial charge in [0.05, 0.1) is 6.61 Å². The number of hydrogen-bond acceptors (Lipinski definition) is 3. The number of carbonyl (C=O) groups is 2. The van der Waals surface area contributed by atoms with Gasteiger partial charge in [-0.25, -0.2) is 4.79 Å². The largest absolute Gasteiger partial charge is 0.392 e. The molecule has 5 N–H and O–H groups in total. The molecule has 6 heteroatoms. The summed E-state index contributed by atoms with van der Waals surface area (Å²) in [7, 11) is 0. The van der Waals surface area contributed by atoms with Crippen LogP contribution in [0, 0.1) is 5.92 Å². The molecule has 0 saturated heterocycles. The van der Waals surface area contributed by atoms with E-state index >= 15 is 0 Å². The Kier molecular flexibility index (Phi) is 5.99. The van der Waals surface area contributed by atoms with Gasteiger partial charge in [0, 0.05) is 6.54 Å². The summed E-state index contributed by atoms with van der Waals surface area (Å²) in [6.45, 7) is 3.94. The molecule has 3 amide bonds. The number of hydrogen-bond donors (Lipinski definition) is 4. The van der Waals surface area contributed by atoms with Crippen LogP contribution in [0.1, 0.15) is 25.0 Å². The van der Waals surface area contributed by atoms with Crippen LogP contribution in [0.15, 0.2) is 24.3 Å². The van der Waals surface area contributed by atoms with Crippen molar-refractivity contribution < 1.29 is 14.7 Å². The SMILES string of the molecule is CC(C)C(NC(N)=O)C(=O)NCc1cccc(CO)c1. The summed E-state index contributed by atoms with van der Waals surface area (Å²) in [5.41, 5.74) is 6.72. The first-order valence-corrected chi connectivity index (χ1v) is 6.46. The number of nitrogens with two attached hydrogens (primary N) is 1. The first kappa shape index (κ1) is 16.0. The van der Waals surface area contributed by atoms with E-state index in [1.807, 2.05) is 32.0 Å². The maximum atomic E-state index is 12.0. The molecule has 0 aliphatic carbocycles. The Labute approximate surface area is 118 Å². The summed E-state index contributed by atoms with van der Waals surface area (Å²) in [5, 5.41) is 14.2. The van der Waals surface area contributed by atoms with Crippen LogP contribution < -0.4 is 16.4 Å². The maximum Gasteiger partial charge on any atom is 0.312 e. The molecule has 0 fully saturated rings. The molecule has 1 unspecified atom stereocenters. The highest BCUT2D eigenvalue weighted by molar-refractivity contribution is 5.86. The van der Waals surface area contributed by atoms with Gasteiger partial charge in [0.2, 0.25) is 5.91 Å². The van der Waals surface area contributed by atoms with Crippen LogP contribution in [-0.2, 0) is 17.9 Å². The molecular weight excluding hydrogens is 258 g/mol. The number of urea groups is 1. The second kappa shape index (κ2) is 7.49. The van der Waals surface area contributed by atoms with Crippen molar-refractivity contribution in [2.24, 2.45) is 11.7 Å². The zero-order valence-corrected chi connectivity index (χ0v) is 11.7. The molecule has 0 spiro atoms. The average Bonchev–Trinajstić information content (AvgIpc) is 2.42. The van der Waals surface area contributed by atoms with E-state index in [0.29, 0.717) is 6.54 Å². The number of amides is 3. The van der Waals surface area contributed by atoms with Gasteiger partial charge in [-0.15, -0.1) is 0 Å². The fourth-order valence-electron chi connectivity index (χ4n) is 1.83. The monoisotopic (exact) mass is 279 g/mol. The van der Waals surface area contributed by atoms with Crippen LogP contribution in [0.25, 0.3) is 0 Å². The molecule has 20 heavy (non-hydrogen) atoms. The third kappa shape index (κ3) is 4.89. The lowest BCUT2D eigenvalue weighted by Crippen LogP contribution is -2.51. The van der Waals surface area contributed by atoms with Crippen LogP contribution in [0.4, 0.5) is 4.79 Å². The minimum absolute atomic E-state index is 0.0420. The van der Waals surface area contributed by atoms with E-state index in [9.17, 15) is 9.59 Å². The Hall–Kier alpha value is -2.08. The molecule has 6 nitrogen and oxygen atoms in total. The van der Waals surface area contributed by atoms with E-state index in [-0.39, 0.29) is 18.4 Å². The predicted octanol–water partition coefficient (Wildman–Crippen LogP) is 0.488. The highest BCUT2D eigenvalue weighted by Gasteiger charge is 2.22. The van der Waals surface area contributed by atoms with Crippen LogP contribution in [0.3, 0.4) is 0 Å². The topological polar surface area (TPSA) is 104 Å². The van der Waals surface area contributed by atoms with Gasteiger partial charge in [-0.05, 0) is 17.0 Å². The van der Waals surface area contributed by atoms with Gasteiger partial charge in [0.1, 0.15) is 6.04 Å². The fourth-order valence-corrected chi connectivity index (χ4v) is 1.83. The van der Waals surface area contributed by atoms with Gasteiger partial charge in [-0.2, -0.15) is 0 Å². The first-order valence-electron chi connectivity index (χ1n) is 6.46. The van der Waals surface area contributed by atoms with Crippen molar-refractivity contribution in [2.75, 3.05) is 0 Å². The fraction of sp³-hybridized carbons (Fsp3) is 0.429. The molecule has 0 radical (unpaired) electrons. The number of rotatable bonds is 6. The molecule has 0 bridgehead atoms. The van der Waals surface area contributed by atoms with Crippen molar-refractivity contribution in [3.8, 4) is 0 Å². The third-order valence-electron chi connectivity index (χ3n) is 2.89. The highest BCUT2D eigenvalue weighted by Crippen LogP contribution is 2.06. The number of aliphatic hydroxyl groups excluding tert-OH is 1. The van der Waals surface area contributed by atoms with E-state index in [4.69, 9.17) is 10.8 Å². The van der Waals surface area contributed by atoms with Crippen molar-refractivity contribution >= 4 is 11.9 Å². The Bertz CT molecular complexity index is 474. The van der Waals surface area contributed by atoms with E-state index in [2.05, 4.69) is 10.6 Å². The average molecular weight is 279 g/mol. The van der Waals surface area contributed by atoms with Gasteiger partial charge in [0.15, 0.2) is 0 Å². The molecule has 0 heterocycles. The number of benzene rings is 1. The number of carbonyl (C=O) groups excluding carboxylic acids is 2. The lowest BCUT2D eigenvalue weighted by molar-refractivity contribution is -0.124. The highest BCUT2D eigenvalue weighted by atomic mass is 16.3. The molecule has 0 saturated carbocycles. The Morgan fingerprint density at radius 1 is 1.30 bits per heavy atom. The Morgan fingerprint density at radius 2 is 1.95 bits per heavy atom. The van der Waals surface area contributed by atoms with Crippen LogP contribution in [-0.4, -0.2) is 23.1 Å². The summed E-state index contributed by atoms with van der Waals surface area (Å²) < 4.78 is 0. The Morgan fingerprint density at radius 3 is 2.50 bits per heavy atom. The molecule has 1 aromatic rings. The van der Waals surface area contributed by atoms with Crippen LogP contribution in [0.2, 0.25) is 0 Å². The zero-order valence-electron chi connectivity index (χ0n) is 11.7. The molecule has 1 rings (SSSR count). The number of nitrogens with one attached hydrogen (secondary N) is 2. The number of primary amides is 1. The third-order valence-corrected chi connectivity index (χ3v) is 2.89. The summed E-state index contributed by atoms with van der Waals surface area (Å²) in [4.78, 5) is 22.9. The van der Waals surface area contributed by atoms with Crippen molar-refractivity contribution in [3.63, 3.8) is 0 Å². The van der Waals surface area contributed by atoms with Crippen molar-refractivity contribution in [3.05, 3.63) is 35.4 Å². The zero-order chi connectivity index (χ0) is 15.1. The quantitative estimate of drug-likeness (QED) is 0.609. The van der Waals surface area contributed by atoms with Gasteiger partial charge >= 0.3 is 6.03 Å². The van der Waals surface area contributed by atoms with Gasteiger partial charge in [-0.1, -0.05) is 38.1 Å². The lowest BCUT2D eigenvalue weighted by atomic mass is 10.0. The van der Waals surface area contributed by atoms with E-state index in [1.165, 1.54) is 0 Å². The molecule has 1 aromatic carbocycles. The van der Waals surface area contributed by atoms with Crippen LogP contribution >= 0.6 is 0 Å². The Balaban J connectivity index is 2.62. The van der Waals surface area contributed by atoms with E-state index < -0.39 is 12.1 Å². The normalized spacial score (nSPS) is 12.0. The van der Waals surface area contributed by atoms with Gasteiger partial charge < -0.3 is 21.5 Å². The smallest absolute Gasteiger partial charge is 0.312 e. The van der Waals surface area contributed by atoms with E-state index in [0.717, 1.165) is 11.1 Å². The predicted molar refractivity (Wildman–Crippen MR) is 75.6 cm³/mol. The molecule has 110 valence electrons. The molecule has 0 aromatic heterocycles. The summed E-state index contributed by atoms with van der Waals surface area (Å²) in [5.74, 6) is -0.348. The van der Waals surface area contributed by atoms with Crippen LogP contribution in [0.5, 0.6) is 0 Å². The first-order chi connectivity index (χ1) is 9.43. The van der Waals surface area contributed by atoms with Crippen molar-refractivity contribution in [2.45, 2.75) is 33.0 Å². The number of aliphatic hydroxyl groups is 1. The summed E-state index contributed by atoms with van der Waals surface area (Å²) in [6, 6.07) is 5.90. The minimum atomic E-state index is -0.721. The van der Waals surface area contributed by atoms with Gasteiger partial charge in [-0.3, -0.25) is 4.79 Å². The molecule has 0 aliphatic heterocycles. The lowest BCUT2D eigenvalue weighted by Gasteiger charge is -2.20. The maximum absolute atomic E-state index is 12.0. The van der Waals surface area contributed by atoms with Gasteiger partial charge in [0.25, 0.3) is 0 Å². The summed E-state index contributed by atoms with van der Waals surface area (Å²) >= 11 is 0. The minimum Gasteiger partial charge on any atom is -0.392 e. The molecular formula is C14H21N3O3. The van der Waals surface area contributed by atoms with E-state index in [1.54, 1.807) is 6.07 Å². The van der Waals surface area contributed by atoms with Crippen molar-refractivity contribution in [1.29, 1.82) is 0 Å². The second-order valence-corrected chi connectivity index (χ2v) is 4.93. The standard InChI is InChI=1S/C14H21N3O3/c1-9(2)12(17-14(15)20)13(19)16-7-10-4-3-5-11(6-10)8-18/h3-6,9,12,18H,7-8H2,1-2H3,(H,16,19)(H3,15,17,20). The summed E-state index contributed by atoms with van der Waals surface area (Å²) in [6.07, 6.45) is 0. The molecule has 0 aliphatic rings. The van der Waals surface area contributed by atoms with Crippen molar-refractivity contribution in [1.82, 2.24) is 10.6 Å². The second-order valence-electron chi connectivity index (χ2n) is 4.93.